The van der Waals surface area contributed by atoms with Crippen LogP contribution in [0.2, 0.25) is 0 Å². The number of aromatic nitrogens is 2. The molecule has 0 spiro atoms. The number of hydrogen-bond acceptors (Lipinski definition) is 5. The Morgan fingerprint density at radius 2 is 2.43 bits per heavy atom. The van der Waals surface area contributed by atoms with Crippen LogP contribution < -0.4 is 0 Å². The maximum Gasteiger partial charge on any atom is 0.185 e. The molecule has 3 N–H and O–H groups in total. The fourth-order valence-electron chi connectivity index (χ4n) is 0.930. The summed E-state index contributed by atoms with van der Waals surface area (Å²) >= 11 is 0.982. The first-order chi connectivity index (χ1) is 6.61. The van der Waals surface area contributed by atoms with E-state index in [9.17, 15) is 15.0 Å². The van der Waals surface area contributed by atoms with E-state index in [0.29, 0.717) is 5.69 Å². The van der Waals surface area contributed by atoms with E-state index in [2.05, 4.69) is 9.97 Å². The number of rotatable bonds is 4. The number of H-pyrrole nitrogens is 1. The Morgan fingerprint density at radius 3 is 2.93 bits per heavy atom. The van der Waals surface area contributed by atoms with Crippen LogP contribution in [0.1, 0.15) is 18.7 Å². The van der Waals surface area contributed by atoms with Gasteiger partial charge in [-0.2, -0.15) is 0 Å². The molecule has 0 saturated carbocycles. The Kier molecular flexibility index (Phi) is 4.12. The summed E-state index contributed by atoms with van der Waals surface area (Å²) < 4.78 is 0. The summed E-state index contributed by atoms with van der Waals surface area (Å²) in [5.41, 5.74) is 0.446. The summed E-state index contributed by atoms with van der Waals surface area (Å²) in [4.78, 5) is 17.0. The summed E-state index contributed by atoms with van der Waals surface area (Å²) in [6.07, 6.45) is 0.865. The van der Waals surface area contributed by atoms with Gasteiger partial charge in [-0.25, -0.2) is 4.98 Å². The standard InChI is InChI=1S/C8H12N2O3S/c1-5(11)14-3-7(12)8(13)6-2-9-4-10-6/h2,4,7-8,12-13H,3H2,1H3,(H,9,10). The normalized spacial score (nSPS) is 15.1. The summed E-state index contributed by atoms with van der Waals surface area (Å²) in [5, 5.41) is 18.9. The highest BCUT2D eigenvalue weighted by molar-refractivity contribution is 8.13. The molecule has 0 aliphatic carbocycles. The van der Waals surface area contributed by atoms with Crippen molar-refractivity contribution in [3.8, 4) is 0 Å². The molecule has 0 bridgehead atoms. The second-order valence-corrected chi connectivity index (χ2v) is 4.02. The molecule has 0 radical (unpaired) electrons. The molecular formula is C8H12N2O3S. The smallest absolute Gasteiger partial charge is 0.185 e. The van der Waals surface area contributed by atoms with Crippen LogP contribution in [0.3, 0.4) is 0 Å². The van der Waals surface area contributed by atoms with E-state index in [1.807, 2.05) is 0 Å². The molecule has 1 rings (SSSR count). The maximum atomic E-state index is 10.6. The number of imidazole rings is 1. The number of aliphatic hydroxyl groups is 2. The van der Waals surface area contributed by atoms with E-state index in [4.69, 9.17) is 0 Å². The number of carbonyl (C=O) groups excluding carboxylic acids is 1. The van der Waals surface area contributed by atoms with Crippen molar-refractivity contribution in [3.63, 3.8) is 0 Å². The van der Waals surface area contributed by atoms with E-state index < -0.39 is 12.2 Å². The van der Waals surface area contributed by atoms with Gasteiger partial charge in [0.05, 0.1) is 24.3 Å². The highest BCUT2D eigenvalue weighted by atomic mass is 32.2. The van der Waals surface area contributed by atoms with Crippen molar-refractivity contribution in [3.05, 3.63) is 18.2 Å². The molecule has 1 heterocycles. The zero-order chi connectivity index (χ0) is 10.6. The number of aliphatic hydroxyl groups excluding tert-OH is 2. The van der Waals surface area contributed by atoms with Crippen LogP contribution in [0, 0.1) is 0 Å². The first-order valence-electron chi connectivity index (χ1n) is 4.09. The molecule has 2 atom stereocenters. The zero-order valence-corrected chi connectivity index (χ0v) is 8.49. The molecule has 1 aromatic rings. The molecule has 5 nitrogen and oxygen atoms in total. The minimum absolute atomic E-state index is 0.0825. The second-order valence-electron chi connectivity index (χ2n) is 2.82. The van der Waals surface area contributed by atoms with Crippen LogP contribution in [0.25, 0.3) is 0 Å². The van der Waals surface area contributed by atoms with Crippen molar-refractivity contribution in [2.75, 3.05) is 5.75 Å². The Balaban J connectivity index is 2.44. The Morgan fingerprint density at radius 1 is 1.71 bits per heavy atom. The second kappa shape index (κ2) is 5.14. The zero-order valence-electron chi connectivity index (χ0n) is 7.67. The predicted molar refractivity (Wildman–Crippen MR) is 52.7 cm³/mol. The van der Waals surface area contributed by atoms with Crippen molar-refractivity contribution in [2.45, 2.75) is 19.1 Å². The average molecular weight is 216 g/mol. The summed E-state index contributed by atoms with van der Waals surface area (Å²) in [6, 6.07) is 0. The van der Waals surface area contributed by atoms with E-state index in [1.54, 1.807) is 0 Å². The van der Waals surface area contributed by atoms with Crippen molar-refractivity contribution < 1.29 is 15.0 Å². The predicted octanol–water partition coefficient (Wildman–Crippen LogP) is 0.0837. The van der Waals surface area contributed by atoms with Gasteiger partial charge in [0.25, 0.3) is 0 Å². The van der Waals surface area contributed by atoms with Gasteiger partial charge >= 0.3 is 0 Å². The van der Waals surface area contributed by atoms with Gasteiger partial charge < -0.3 is 15.2 Å². The topological polar surface area (TPSA) is 86.2 Å². The first-order valence-corrected chi connectivity index (χ1v) is 5.07. The summed E-state index contributed by atoms with van der Waals surface area (Å²) in [6.45, 7) is 1.42. The monoisotopic (exact) mass is 216 g/mol. The molecule has 2 unspecified atom stereocenters. The fourth-order valence-corrected chi connectivity index (χ4v) is 1.52. The van der Waals surface area contributed by atoms with Crippen LogP contribution in [0.5, 0.6) is 0 Å². The van der Waals surface area contributed by atoms with Gasteiger partial charge in [-0.15, -0.1) is 0 Å². The number of hydrogen-bond donors (Lipinski definition) is 3. The van der Waals surface area contributed by atoms with Gasteiger partial charge in [-0.3, -0.25) is 4.79 Å². The summed E-state index contributed by atoms with van der Waals surface area (Å²) in [7, 11) is 0. The Hall–Kier alpha value is -0.850. The van der Waals surface area contributed by atoms with Crippen LogP contribution in [-0.2, 0) is 4.79 Å². The lowest BCUT2D eigenvalue weighted by Gasteiger charge is -2.14. The average Bonchev–Trinajstić information content (AvgIpc) is 2.65. The largest absolute Gasteiger partial charge is 0.389 e. The van der Waals surface area contributed by atoms with Crippen LogP contribution in [-0.4, -0.2) is 37.2 Å². The van der Waals surface area contributed by atoms with Gasteiger partial charge in [-0.05, 0) is 0 Å². The van der Waals surface area contributed by atoms with E-state index in [1.165, 1.54) is 19.4 Å². The number of carbonyl (C=O) groups is 1. The maximum absolute atomic E-state index is 10.6. The molecule has 0 fully saturated rings. The van der Waals surface area contributed by atoms with Crippen molar-refractivity contribution >= 4 is 16.9 Å². The third-order valence-corrected chi connectivity index (χ3v) is 2.57. The number of nitrogens with one attached hydrogen (secondary N) is 1. The minimum Gasteiger partial charge on any atom is -0.389 e. The molecule has 0 amide bonds. The number of thioether (sulfide) groups is 1. The van der Waals surface area contributed by atoms with Crippen LogP contribution in [0.15, 0.2) is 12.5 Å². The Bertz CT molecular complexity index is 289. The van der Waals surface area contributed by atoms with Crippen LogP contribution in [0.4, 0.5) is 0 Å². The summed E-state index contributed by atoms with van der Waals surface area (Å²) in [5.74, 6) is 0.176. The minimum atomic E-state index is -1.02. The fraction of sp³-hybridized carbons (Fsp3) is 0.500. The molecule has 14 heavy (non-hydrogen) atoms. The highest BCUT2D eigenvalue weighted by Gasteiger charge is 2.19. The van der Waals surface area contributed by atoms with Crippen LogP contribution >= 0.6 is 11.8 Å². The van der Waals surface area contributed by atoms with E-state index in [0.717, 1.165) is 11.8 Å². The lowest BCUT2D eigenvalue weighted by Crippen LogP contribution is -2.21. The van der Waals surface area contributed by atoms with Gasteiger partial charge in [0.1, 0.15) is 6.10 Å². The SMILES string of the molecule is CC(=O)SCC(O)C(O)c1cnc[nH]1. The lowest BCUT2D eigenvalue weighted by molar-refractivity contribution is -0.109. The molecule has 1 aromatic heterocycles. The van der Waals surface area contributed by atoms with Crippen molar-refractivity contribution in [2.24, 2.45) is 0 Å². The molecule has 0 aliphatic rings. The van der Waals surface area contributed by atoms with E-state index >= 15 is 0 Å². The van der Waals surface area contributed by atoms with E-state index in [-0.39, 0.29) is 10.9 Å². The lowest BCUT2D eigenvalue weighted by atomic mass is 10.2. The van der Waals surface area contributed by atoms with Crippen molar-refractivity contribution in [1.82, 2.24) is 9.97 Å². The third kappa shape index (κ3) is 3.13. The molecule has 78 valence electrons. The number of nitrogens with zero attached hydrogens (tertiary/aromatic N) is 1. The Labute approximate surface area is 85.6 Å². The molecular weight excluding hydrogens is 204 g/mol. The molecule has 6 heteroatoms. The molecule has 0 saturated heterocycles. The highest BCUT2D eigenvalue weighted by Crippen LogP contribution is 2.17. The molecule has 0 aliphatic heterocycles. The van der Waals surface area contributed by atoms with Gasteiger partial charge in [0.15, 0.2) is 5.12 Å². The quantitative estimate of drug-likeness (QED) is 0.663. The van der Waals surface area contributed by atoms with Gasteiger partial charge in [0.2, 0.25) is 0 Å². The molecule has 0 aromatic carbocycles. The third-order valence-electron chi connectivity index (χ3n) is 1.66. The van der Waals surface area contributed by atoms with Gasteiger partial charge in [0, 0.05) is 12.7 Å². The van der Waals surface area contributed by atoms with Gasteiger partial charge in [-0.1, -0.05) is 11.8 Å². The first kappa shape index (κ1) is 11.2. The number of aromatic amines is 1. The van der Waals surface area contributed by atoms with Crippen molar-refractivity contribution in [1.29, 1.82) is 0 Å².